The van der Waals surface area contributed by atoms with E-state index in [9.17, 15) is 9.59 Å². The molecule has 1 aromatic heterocycles. The van der Waals surface area contributed by atoms with Crippen LogP contribution >= 0.6 is 11.6 Å². The summed E-state index contributed by atoms with van der Waals surface area (Å²) in [6.07, 6.45) is 0. The molecule has 0 saturated carbocycles. The van der Waals surface area contributed by atoms with Gasteiger partial charge in [-0.05, 0) is 30.7 Å². The van der Waals surface area contributed by atoms with Crippen LogP contribution in [0.25, 0.3) is 0 Å². The number of nitrogens with zero attached hydrogens (tertiary/aromatic N) is 3. The monoisotopic (exact) mass is 321 g/mol. The largest absolute Gasteiger partial charge is 0.480 e. The fraction of sp³-hybridized carbons (Fsp3) is 0.267. The van der Waals surface area contributed by atoms with Gasteiger partial charge in [0.05, 0.1) is 0 Å². The Hall–Kier alpha value is -2.34. The average molecular weight is 322 g/mol. The van der Waals surface area contributed by atoms with Crippen molar-refractivity contribution in [2.24, 2.45) is 7.05 Å². The van der Waals surface area contributed by atoms with Gasteiger partial charge >= 0.3 is 5.97 Å². The Balaban J connectivity index is 2.23. The maximum Gasteiger partial charge on any atom is 0.323 e. The molecule has 22 heavy (non-hydrogen) atoms. The summed E-state index contributed by atoms with van der Waals surface area (Å²) in [5.41, 5.74) is 1.85. The van der Waals surface area contributed by atoms with Gasteiger partial charge in [0.15, 0.2) is 5.69 Å². The normalized spacial score (nSPS) is 10.5. The number of aromatic nitrogens is 2. The number of amides is 1. The number of carboxylic acid groups (broad SMARTS) is 1. The van der Waals surface area contributed by atoms with Gasteiger partial charge < -0.3 is 10.0 Å². The number of carboxylic acids is 1. The summed E-state index contributed by atoms with van der Waals surface area (Å²) in [6.45, 7) is 1.61. The molecular formula is C15H16ClN3O3. The number of carbonyl (C=O) groups is 2. The van der Waals surface area contributed by atoms with Crippen LogP contribution in [0.1, 0.15) is 21.7 Å². The van der Waals surface area contributed by atoms with Crippen molar-refractivity contribution in [2.45, 2.75) is 13.5 Å². The zero-order valence-electron chi connectivity index (χ0n) is 12.3. The quantitative estimate of drug-likeness (QED) is 0.915. The van der Waals surface area contributed by atoms with E-state index in [1.807, 2.05) is 6.92 Å². The van der Waals surface area contributed by atoms with Gasteiger partial charge in [-0.15, -0.1) is 0 Å². The molecule has 116 valence electrons. The van der Waals surface area contributed by atoms with E-state index in [0.717, 1.165) is 11.3 Å². The van der Waals surface area contributed by atoms with Crippen molar-refractivity contribution in [2.75, 3.05) is 6.54 Å². The zero-order chi connectivity index (χ0) is 16.3. The van der Waals surface area contributed by atoms with Crippen molar-refractivity contribution in [3.05, 3.63) is 52.3 Å². The lowest BCUT2D eigenvalue weighted by molar-refractivity contribution is -0.137. The first-order valence-corrected chi connectivity index (χ1v) is 7.01. The summed E-state index contributed by atoms with van der Waals surface area (Å²) in [5, 5.41) is 13.7. The molecular weight excluding hydrogens is 306 g/mol. The number of hydrogen-bond acceptors (Lipinski definition) is 3. The van der Waals surface area contributed by atoms with E-state index in [-0.39, 0.29) is 12.2 Å². The molecule has 1 heterocycles. The number of hydrogen-bond donors (Lipinski definition) is 1. The third-order valence-electron chi connectivity index (χ3n) is 3.23. The summed E-state index contributed by atoms with van der Waals surface area (Å²) in [7, 11) is 1.73. The molecule has 0 unspecified atom stereocenters. The highest BCUT2D eigenvalue weighted by atomic mass is 35.5. The second-order valence-corrected chi connectivity index (χ2v) is 5.41. The molecule has 0 bridgehead atoms. The van der Waals surface area contributed by atoms with Crippen molar-refractivity contribution < 1.29 is 14.7 Å². The molecule has 0 aliphatic rings. The highest BCUT2D eigenvalue weighted by Crippen LogP contribution is 2.13. The molecule has 0 fully saturated rings. The highest BCUT2D eigenvalue weighted by Gasteiger charge is 2.21. The molecule has 0 radical (unpaired) electrons. The molecule has 0 atom stereocenters. The van der Waals surface area contributed by atoms with Crippen molar-refractivity contribution >= 4 is 23.5 Å². The molecule has 2 aromatic rings. The highest BCUT2D eigenvalue weighted by molar-refractivity contribution is 6.30. The van der Waals surface area contributed by atoms with Gasteiger partial charge in [-0.25, -0.2) is 0 Å². The van der Waals surface area contributed by atoms with Gasteiger partial charge in [-0.3, -0.25) is 14.3 Å². The van der Waals surface area contributed by atoms with Crippen molar-refractivity contribution in [3.63, 3.8) is 0 Å². The van der Waals surface area contributed by atoms with Crippen LogP contribution in [-0.4, -0.2) is 38.2 Å². The molecule has 0 saturated heterocycles. The molecule has 7 heteroatoms. The van der Waals surface area contributed by atoms with Crippen LogP contribution in [-0.2, 0) is 18.4 Å². The Bertz CT molecular complexity index is 675. The summed E-state index contributed by atoms with van der Waals surface area (Å²) in [5.74, 6) is -1.49. The SMILES string of the molecule is Cc1cc(C(=O)N(CC(=O)O)Cc2ccc(Cl)cc2)nn1C. The van der Waals surface area contributed by atoms with E-state index >= 15 is 0 Å². The van der Waals surface area contributed by atoms with E-state index in [2.05, 4.69) is 5.10 Å². The van der Waals surface area contributed by atoms with Gasteiger partial charge in [0.1, 0.15) is 6.54 Å². The van der Waals surface area contributed by atoms with Crippen LogP contribution in [0.2, 0.25) is 5.02 Å². The summed E-state index contributed by atoms with van der Waals surface area (Å²) in [6, 6.07) is 8.55. The van der Waals surface area contributed by atoms with Crippen molar-refractivity contribution in [1.82, 2.24) is 14.7 Å². The molecule has 0 aliphatic carbocycles. The first-order valence-electron chi connectivity index (χ1n) is 6.63. The summed E-state index contributed by atoms with van der Waals surface area (Å²) in [4.78, 5) is 24.7. The molecule has 0 aliphatic heterocycles. The topological polar surface area (TPSA) is 75.4 Å². The van der Waals surface area contributed by atoms with E-state index in [1.54, 1.807) is 42.1 Å². The van der Waals surface area contributed by atoms with Crippen LogP contribution in [0.3, 0.4) is 0 Å². The Morgan fingerprint density at radius 3 is 2.45 bits per heavy atom. The minimum absolute atomic E-state index is 0.178. The lowest BCUT2D eigenvalue weighted by atomic mass is 10.2. The van der Waals surface area contributed by atoms with Gasteiger partial charge in [-0.2, -0.15) is 5.10 Å². The molecule has 6 nitrogen and oxygen atoms in total. The molecule has 0 spiro atoms. The van der Waals surface area contributed by atoms with Gasteiger partial charge in [0.25, 0.3) is 5.91 Å². The second-order valence-electron chi connectivity index (χ2n) is 4.98. The maximum absolute atomic E-state index is 12.5. The third-order valence-corrected chi connectivity index (χ3v) is 3.48. The number of halogens is 1. The zero-order valence-corrected chi connectivity index (χ0v) is 13.0. The number of rotatable bonds is 5. The van der Waals surface area contributed by atoms with Crippen LogP contribution in [0.15, 0.2) is 30.3 Å². The van der Waals surface area contributed by atoms with E-state index in [1.165, 1.54) is 4.90 Å². The lowest BCUT2D eigenvalue weighted by Crippen LogP contribution is -2.35. The van der Waals surface area contributed by atoms with Crippen molar-refractivity contribution in [1.29, 1.82) is 0 Å². The fourth-order valence-electron chi connectivity index (χ4n) is 2.00. The molecule has 1 amide bonds. The number of carbonyl (C=O) groups excluding carboxylic acids is 1. The standard InChI is InChI=1S/C15H16ClN3O3/c1-10-7-13(17-18(10)2)15(22)19(9-14(20)21)8-11-3-5-12(16)6-4-11/h3-7H,8-9H2,1-2H3,(H,20,21). The fourth-order valence-corrected chi connectivity index (χ4v) is 2.13. The van der Waals surface area contributed by atoms with Crippen LogP contribution < -0.4 is 0 Å². The average Bonchev–Trinajstić information content (AvgIpc) is 2.79. The number of aliphatic carboxylic acids is 1. The second kappa shape index (κ2) is 6.62. The van der Waals surface area contributed by atoms with E-state index < -0.39 is 18.4 Å². The van der Waals surface area contributed by atoms with Gasteiger partial charge in [0, 0.05) is 24.3 Å². The first-order chi connectivity index (χ1) is 10.4. The summed E-state index contributed by atoms with van der Waals surface area (Å²) < 4.78 is 1.58. The summed E-state index contributed by atoms with van der Waals surface area (Å²) >= 11 is 5.82. The van der Waals surface area contributed by atoms with Crippen LogP contribution in [0.4, 0.5) is 0 Å². The van der Waals surface area contributed by atoms with Crippen molar-refractivity contribution in [3.8, 4) is 0 Å². The number of aryl methyl sites for hydroxylation is 2. The van der Waals surface area contributed by atoms with Crippen LogP contribution in [0.5, 0.6) is 0 Å². The third kappa shape index (κ3) is 3.85. The Labute approximate surface area is 132 Å². The minimum atomic E-state index is -1.07. The molecule has 1 aromatic carbocycles. The van der Waals surface area contributed by atoms with Gasteiger partial charge in [-0.1, -0.05) is 23.7 Å². The molecule has 2 rings (SSSR count). The predicted molar refractivity (Wildman–Crippen MR) is 81.8 cm³/mol. The predicted octanol–water partition coefficient (Wildman–Crippen LogP) is 2.11. The smallest absolute Gasteiger partial charge is 0.323 e. The first kappa shape index (κ1) is 16.0. The number of benzene rings is 1. The van der Waals surface area contributed by atoms with Crippen LogP contribution in [0, 0.1) is 6.92 Å². The molecule has 1 N–H and O–H groups in total. The lowest BCUT2D eigenvalue weighted by Gasteiger charge is -2.19. The Kier molecular flexibility index (Phi) is 4.82. The Morgan fingerprint density at radius 1 is 1.32 bits per heavy atom. The Morgan fingerprint density at radius 2 is 1.95 bits per heavy atom. The van der Waals surface area contributed by atoms with E-state index in [0.29, 0.717) is 5.02 Å². The van der Waals surface area contributed by atoms with Gasteiger partial charge in [0.2, 0.25) is 0 Å². The maximum atomic E-state index is 12.5. The minimum Gasteiger partial charge on any atom is -0.480 e. The van der Waals surface area contributed by atoms with E-state index in [4.69, 9.17) is 16.7 Å².